The fraction of sp³-hybridized carbons (Fsp3) is 0.900. The highest BCUT2D eigenvalue weighted by Gasteiger charge is 2.48. The number of hydrogen-bond donors (Lipinski definition) is 3. The molecule has 0 saturated carbocycles. The van der Waals surface area contributed by atoms with Crippen molar-refractivity contribution in [3.63, 3.8) is 0 Å². The third-order valence-corrected chi connectivity index (χ3v) is 2.91. The minimum absolute atomic E-state index is 0.170. The van der Waals surface area contributed by atoms with Crippen LogP contribution in [0.2, 0.25) is 0 Å². The summed E-state index contributed by atoms with van der Waals surface area (Å²) in [5, 5.41) is 21.2. The molecule has 0 aromatic rings. The maximum atomic E-state index is 11.2. The highest BCUT2D eigenvalue weighted by molar-refractivity contribution is 5.83. The van der Waals surface area contributed by atoms with Crippen molar-refractivity contribution in [3.05, 3.63) is 0 Å². The number of aliphatic hydroxyl groups excluding tert-OH is 2. The Balaban J connectivity index is 2.07. The third kappa shape index (κ3) is 2.06. The van der Waals surface area contributed by atoms with Gasteiger partial charge >= 0.3 is 0 Å². The molecular weight excluding hydrogens is 214 g/mol. The standard InChI is InChI=1S/C10H17NO5/c1-10(2)15-7(4-12)8(16-10)5-3-6(13)9(14)11-5/h5-8,12-13H,3-4H2,1-2H3,(H,11,14)/t5-,6-,7+,8-/m1/s1. The largest absolute Gasteiger partial charge is 0.394 e. The topological polar surface area (TPSA) is 88.0 Å². The van der Waals surface area contributed by atoms with Crippen LogP contribution < -0.4 is 5.32 Å². The molecule has 0 spiro atoms. The van der Waals surface area contributed by atoms with E-state index in [0.29, 0.717) is 6.42 Å². The van der Waals surface area contributed by atoms with Gasteiger partial charge in [0.15, 0.2) is 5.79 Å². The molecular formula is C10H17NO5. The monoisotopic (exact) mass is 231 g/mol. The zero-order valence-corrected chi connectivity index (χ0v) is 9.34. The molecule has 0 radical (unpaired) electrons. The second-order valence-corrected chi connectivity index (χ2v) is 4.69. The Morgan fingerprint density at radius 2 is 2.19 bits per heavy atom. The van der Waals surface area contributed by atoms with Crippen LogP contribution in [0.15, 0.2) is 0 Å². The van der Waals surface area contributed by atoms with Crippen LogP contribution in [-0.2, 0) is 14.3 Å². The summed E-state index contributed by atoms with van der Waals surface area (Å²) >= 11 is 0. The molecule has 0 bridgehead atoms. The van der Waals surface area contributed by atoms with Gasteiger partial charge in [-0.1, -0.05) is 0 Å². The normalized spacial score (nSPS) is 42.4. The molecule has 2 saturated heterocycles. The lowest BCUT2D eigenvalue weighted by Crippen LogP contribution is -2.43. The Hall–Kier alpha value is -0.690. The Kier molecular flexibility index (Phi) is 2.91. The van der Waals surface area contributed by atoms with Crippen LogP contribution in [0.4, 0.5) is 0 Å². The first-order chi connectivity index (χ1) is 7.43. The number of carbonyl (C=O) groups excluding carboxylic acids is 1. The van der Waals surface area contributed by atoms with E-state index < -0.39 is 30.0 Å². The number of hydrogen-bond acceptors (Lipinski definition) is 5. The molecule has 0 aromatic carbocycles. The highest BCUT2D eigenvalue weighted by Crippen LogP contribution is 2.32. The molecule has 3 N–H and O–H groups in total. The van der Waals surface area contributed by atoms with Crippen molar-refractivity contribution in [2.45, 2.75) is 50.4 Å². The Bertz CT molecular complexity index is 293. The number of nitrogens with one attached hydrogen (secondary N) is 1. The summed E-state index contributed by atoms with van der Waals surface area (Å²) < 4.78 is 11.1. The summed E-state index contributed by atoms with van der Waals surface area (Å²) in [5.41, 5.74) is 0. The van der Waals surface area contributed by atoms with E-state index in [9.17, 15) is 15.0 Å². The first kappa shape index (κ1) is 11.8. The molecule has 2 aliphatic rings. The highest BCUT2D eigenvalue weighted by atomic mass is 16.8. The van der Waals surface area contributed by atoms with Crippen LogP contribution in [-0.4, -0.2) is 52.9 Å². The predicted octanol–water partition coefficient (Wildman–Crippen LogP) is -1.25. The maximum absolute atomic E-state index is 11.2. The van der Waals surface area contributed by atoms with E-state index in [1.807, 2.05) is 0 Å². The SMILES string of the molecule is CC1(C)O[C@H]([C@H]2C[C@@H](O)C(=O)N2)[C@H](CO)O1. The van der Waals surface area contributed by atoms with E-state index in [1.165, 1.54) is 0 Å². The van der Waals surface area contributed by atoms with Crippen molar-refractivity contribution in [2.24, 2.45) is 0 Å². The number of aliphatic hydroxyl groups is 2. The average Bonchev–Trinajstić information content (AvgIpc) is 2.68. The van der Waals surface area contributed by atoms with Gasteiger partial charge in [-0.15, -0.1) is 0 Å². The number of rotatable bonds is 2. The van der Waals surface area contributed by atoms with Gasteiger partial charge in [-0.2, -0.15) is 0 Å². The summed E-state index contributed by atoms with van der Waals surface area (Å²) in [7, 11) is 0. The molecule has 6 heteroatoms. The fourth-order valence-corrected chi connectivity index (χ4v) is 2.25. The Morgan fingerprint density at radius 1 is 1.50 bits per heavy atom. The zero-order valence-electron chi connectivity index (χ0n) is 9.34. The van der Waals surface area contributed by atoms with Gasteiger partial charge in [0.05, 0.1) is 12.6 Å². The van der Waals surface area contributed by atoms with E-state index >= 15 is 0 Å². The summed E-state index contributed by atoms with van der Waals surface area (Å²) in [4.78, 5) is 11.2. The van der Waals surface area contributed by atoms with Gasteiger partial charge in [-0.3, -0.25) is 4.79 Å². The molecule has 2 fully saturated rings. The van der Waals surface area contributed by atoms with Gasteiger partial charge in [-0.05, 0) is 13.8 Å². The molecule has 6 nitrogen and oxygen atoms in total. The van der Waals surface area contributed by atoms with Gasteiger partial charge in [0.25, 0.3) is 0 Å². The van der Waals surface area contributed by atoms with Gasteiger partial charge in [0.1, 0.15) is 18.3 Å². The van der Waals surface area contributed by atoms with Crippen molar-refractivity contribution in [1.29, 1.82) is 0 Å². The van der Waals surface area contributed by atoms with Gasteiger partial charge in [0, 0.05) is 6.42 Å². The minimum Gasteiger partial charge on any atom is -0.394 e. The van der Waals surface area contributed by atoms with E-state index in [-0.39, 0.29) is 12.6 Å². The molecule has 4 atom stereocenters. The van der Waals surface area contributed by atoms with Crippen molar-refractivity contribution in [3.8, 4) is 0 Å². The van der Waals surface area contributed by atoms with E-state index in [2.05, 4.69) is 5.32 Å². The molecule has 2 aliphatic heterocycles. The van der Waals surface area contributed by atoms with Crippen molar-refractivity contribution < 1.29 is 24.5 Å². The fourth-order valence-electron chi connectivity index (χ4n) is 2.25. The third-order valence-electron chi connectivity index (χ3n) is 2.91. The number of ether oxygens (including phenoxy) is 2. The van der Waals surface area contributed by atoms with Crippen LogP contribution in [0.25, 0.3) is 0 Å². The number of carbonyl (C=O) groups is 1. The first-order valence-electron chi connectivity index (χ1n) is 5.38. The van der Waals surface area contributed by atoms with E-state index in [0.717, 1.165) is 0 Å². The Morgan fingerprint density at radius 3 is 2.69 bits per heavy atom. The first-order valence-corrected chi connectivity index (χ1v) is 5.38. The van der Waals surface area contributed by atoms with E-state index in [1.54, 1.807) is 13.8 Å². The maximum Gasteiger partial charge on any atom is 0.249 e. The van der Waals surface area contributed by atoms with Crippen LogP contribution in [0.1, 0.15) is 20.3 Å². The average molecular weight is 231 g/mol. The molecule has 1 amide bonds. The van der Waals surface area contributed by atoms with Gasteiger partial charge in [-0.25, -0.2) is 0 Å². The molecule has 92 valence electrons. The van der Waals surface area contributed by atoms with Gasteiger partial charge in [0.2, 0.25) is 5.91 Å². The van der Waals surface area contributed by atoms with Gasteiger partial charge < -0.3 is 25.0 Å². The minimum atomic E-state index is -0.989. The van der Waals surface area contributed by atoms with E-state index in [4.69, 9.17) is 9.47 Å². The summed E-state index contributed by atoms with van der Waals surface area (Å²) in [6.07, 6.45) is -1.58. The van der Waals surface area contributed by atoms with Crippen molar-refractivity contribution in [2.75, 3.05) is 6.61 Å². The summed E-state index contributed by atoms with van der Waals surface area (Å²) in [6.45, 7) is 3.34. The van der Waals surface area contributed by atoms with Crippen LogP contribution >= 0.6 is 0 Å². The molecule has 16 heavy (non-hydrogen) atoms. The second kappa shape index (κ2) is 3.96. The van der Waals surface area contributed by atoms with Crippen LogP contribution in [0.5, 0.6) is 0 Å². The summed E-state index contributed by atoms with van der Waals surface area (Å²) in [5.74, 6) is -1.16. The quantitative estimate of drug-likeness (QED) is 0.552. The van der Waals surface area contributed by atoms with Crippen molar-refractivity contribution in [1.82, 2.24) is 5.32 Å². The van der Waals surface area contributed by atoms with Crippen LogP contribution in [0, 0.1) is 0 Å². The molecule has 2 heterocycles. The summed E-state index contributed by atoms with van der Waals surface area (Å²) in [6, 6.07) is -0.304. The second-order valence-electron chi connectivity index (χ2n) is 4.69. The molecule has 0 aliphatic carbocycles. The lowest BCUT2D eigenvalue weighted by molar-refractivity contribution is -0.151. The predicted molar refractivity (Wildman–Crippen MR) is 53.5 cm³/mol. The molecule has 0 aromatic heterocycles. The molecule has 0 unspecified atom stereocenters. The smallest absolute Gasteiger partial charge is 0.249 e. The lowest BCUT2D eigenvalue weighted by atomic mass is 10.0. The zero-order chi connectivity index (χ0) is 11.9. The number of amides is 1. The Labute approximate surface area is 93.5 Å². The van der Waals surface area contributed by atoms with Crippen molar-refractivity contribution >= 4 is 5.91 Å². The lowest BCUT2D eigenvalue weighted by Gasteiger charge is -2.21. The van der Waals surface area contributed by atoms with Crippen LogP contribution in [0.3, 0.4) is 0 Å². The molecule has 2 rings (SSSR count).